The van der Waals surface area contributed by atoms with Crippen LogP contribution in [0.15, 0.2) is 30.5 Å². The summed E-state index contributed by atoms with van der Waals surface area (Å²) in [7, 11) is 6.27. The van der Waals surface area contributed by atoms with E-state index >= 15 is 0 Å². The number of piperazine rings is 1. The maximum atomic E-state index is 9.75. The lowest BCUT2D eigenvalue weighted by molar-refractivity contribution is 0.145. The summed E-state index contributed by atoms with van der Waals surface area (Å²) in [4.78, 5) is 9.28. The van der Waals surface area contributed by atoms with Crippen molar-refractivity contribution in [3.8, 4) is 23.3 Å². The van der Waals surface area contributed by atoms with Crippen molar-refractivity contribution in [1.82, 2.24) is 14.8 Å². The zero-order valence-corrected chi connectivity index (χ0v) is 23.6. The Bertz CT molecular complexity index is 1280. The van der Waals surface area contributed by atoms with Gasteiger partial charge in [0.1, 0.15) is 11.8 Å². The third-order valence-corrected chi connectivity index (χ3v) is 6.86. The van der Waals surface area contributed by atoms with Crippen molar-refractivity contribution in [2.24, 2.45) is 0 Å². The van der Waals surface area contributed by atoms with Gasteiger partial charge in [0.2, 0.25) is 0 Å². The van der Waals surface area contributed by atoms with Crippen LogP contribution in [0.25, 0.3) is 10.9 Å². The summed E-state index contributed by atoms with van der Waals surface area (Å²) in [5, 5.41) is 21.5. The molecule has 1 aromatic heterocycles. The SMILES string of the molecule is CO.COc1cc(Nc2c(C#N)cnc3cc(OCCCN4CCN(C)CC4)c(OC)cc23)c(Cl)cc1Cl. The summed E-state index contributed by atoms with van der Waals surface area (Å²) < 4.78 is 17.0. The van der Waals surface area contributed by atoms with Crippen LogP contribution in [0.3, 0.4) is 0 Å². The van der Waals surface area contributed by atoms with Crippen molar-refractivity contribution in [3.63, 3.8) is 0 Å². The van der Waals surface area contributed by atoms with Crippen LogP contribution in [-0.4, -0.2) is 87.6 Å². The van der Waals surface area contributed by atoms with E-state index < -0.39 is 0 Å². The molecule has 1 saturated heterocycles. The molecule has 0 unspecified atom stereocenters. The van der Waals surface area contributed by atoms with Crippen LogP contribution in [-0.2, 0) is 0 Å². The Labute approximate surface area is 233 Å². The highest BCUT2D eigenvalue weighted by atomic mass is 35.5. The largest absolute Gasteiger partial charge is 0.495 e. The lowest BCUT2D eigenvalue weighted by atomic mass is 10.1. The van der Waals surface area contributed by atoms with Crippen molar-refractivity contribution in [2.75, 3.05) is 73.0 Å². The molecule has 0 amide bonds. The van der Waals surface area contributed by atoms with Gasteiger partial charge < -0.3 is 34.4 Å². The van der Waals surface area contributed by atoms with E-state index in [1.165, 1.54) is 13.3 Å². The second-order valence-electron chi connectivity index (χ2n) is 8.62. The smallest absolute Gasteiger partial charge is 0.163 e. The molecule has 0 saturated carbocycles. The standard InChI is InChI=1S/C26H29Cl2N5O3.CH4O/c1-32-6-8-33(9-7-32)5-4-10-36-25-13-21-18(11-24(25)35-3)26(17(15-29)16-30-21)31-22-14-23(34-2)20(28)12-19(22)27;1-2/h11-14,16H,4-10H2,1-3H3,(H,30,31);2H,1H3. The van der Waals surface area contributed by atoms with Crippen LogP contribution >= 0.6 is 23.2 Å². The number of rotatable bonds is 9. The Morgan fingerprint density at radius 2 is 1.71 bits per heavy atom. The quantitative estimate of drug-likeness (QED) is 0.356. The Morgan fingerprint density at radius 1 is 1.00 bits per heavy atom. The van der Waals surface area contributed by atoms with E-state index in [0.717, 1.165) is 46.3 Å². The van der Waals surface area contributed by atoms with E-state index in [2.05, 4.69) is 33.2 Å². The number of hydrogen-bond donors (Lipinski definition) is 2. The van der Waals surface area contributed by atoms with Gasteiger partial charge >= 0.3 is 0 Å². The zero-order valence-electron chi connectivity index (χ0n) is 22.1. The van der Waals surface area contributed by atoms with E-state index in [1.807, 2.05) is 12.1 Å². The molecule has 9 nitrogen and oxygen atoms in total. The summed E-state index contributed by atoms with van der Waals surface area (Å²) in [5.74, 6) is 1.63. The summed E-state index contributed by atoms with van der Waals surface area (Å²) in [6.07, 6.45) is 2.44. The number of methoxy groups -OCH3 is 2. The fourth-order valence-electron chi connectivity index (χ4n) is 4.15. The first kappa shape index (κ1) is 29.6. The number of nitrogens with zero attached hydrogens (tertiary/aromatic N) is 4. The van der Waals surface area contributed by atoms with Gasteiger partial charge in [0.05, 0.1) is 53.3 Å². The number of benzene rings is 2. The number of aliphatic hydroxyl groups is 1. The molecule has 0 atom stereocenters. The molecule has 4 rings (SSSR count). The van der Waals surface area contributed by atoms with Gasteiger partial charge in [-0.1, -0.05) is 23.2 Å². The topological polar surface area (TPSA) is 103 Å². The molecule has 1 aliphatic rings. The Balaban J connectivity index is 0.00000195. The molecule has 2 heterocycles. The average molecular weight is 562 g/mol. The molecule has 1 fully saturated rings. The summed E-state index contributed by atoms with van der Waals surface area (Å²) in [6.45, 7) is 5.92. The second kappa shape index (κ2) is 14.2. The number of aromatic nitrogens is 1. The molecule has 1 aliphatic heterocycles. The van der Waals surface area contributed by atoms with Crippen LogP contribution in [0.2, 0.25) is 10.0 Å². The first-order valence-corrected chi connectivity index (χ1v) is 12.9. The second-order valence-corrected chi connectivity index (χ2v) is 9.43. The van der Waals surface area contributed by atoms with E-state index in [0.29, 0.717) is 61.7 Å². The fourth-order valence-corrected chi connectivity index (χ4v) is 4.66. The van der Waals surface area contributed by atoms with Gasteiger partial charge in [-0.3, -0.25) is 4.98 Å². The number of halogens is 2. The molecule has 11 heteroatoms. The predicted octanol–water partition coefficient (Wildman–Crippen LogP) is 4.80. The number of ether oxygens (including phenoxy) is 3. The minimum absolute atomic E-state index is 0.357. The van der Waals surface area contributed by atoms with Gasteiger partial charge in [-0.25, -0.2) is 0 Å². The highest BCUT2D eigenvalue weighted by Crippen LogP contribution is 2.40. The lowest BCUT2D eigenvalue weighted by Crippen LogP contribution is -2.44. The van der Waals surface area contributed by atoms with Crippen LogP contribution in [0.1, 0.15) is 12.0 Å². The first-order chi connectivity index (χ1) is 18.4. The number of fused-ring (bicyclic) bond motifs is 1. The maximum absolute atomic E-state index is 9.75. The number of anilines is 2. The number of likely N-dealkylation sites (N-methyl/N-ethyl adjacent to an activating group) is 1. The van der Waals surface area contributed by atoms with Crippen molar-refractivity contribution in [2.45, 2.75) is 6.42 Å². The summed E-state index contributed by atoms with van der Waals surface area (Å²) in [5.41, 5.74) is 2.11. The lowest BCUT2D eigenvalue weighted by Gasteiger charge is -2.32. The van der Waals surface area contributed by atoms with Gasteiger partial charge in [-0.15, -0.1) is 0 Å². The number of nitriles is 1. The molecule has 38 heavy (non-hydrogen) atoms. The number of aliphatic hydroxyl groups excluding tert-OH is 1. The molecule has 2 N–H and O–H groups in total. The minimum Gasteiger partial charge on any atom is -0.495 e. The van der Waals surface area contributed by atoms with Crippen LogP contribution in [0.5, 0.6) is 17.2 Å². The Morgan fingerprint density at radius 3 is 2.37 bits per heavy atom. The number of hydrogen-bond acceptors (Lipinski definition) is 9. The molecular weight excluding hydrogens is 529 g/mol. The van der Waals surface area contributed by atoms with Crippen LogP contribution in [0.4, 0.5) is 11.4 Å². The predicted molar refractivity (Wildman–Crippen MR) is 151 cm³/mol. The molecule has 0 spiro atoms. The van der Waals surface area contributed by atoms with Gasteiger partial charge in [0.25, 0.3) is 0 Å². The van der Waals surface area contributed by atoms with E-state index in [-0.39, 0.29) is 0 Å². The highest BCUT2D eigenvalue weighted by molar-refractivity contribution is 6.37. The van der Waals surface area contributed by atoms with Gasteiger partial charge in [0.15, 0.2) is 11.5 Å². The summed E-state index contributed by atoms with van der Waals surface area (Å²) >= 11 is 12.6. The Kier molecular flexibility index (Phi) is 11.1. The molecule has 2 aromatic carbocycles. The van der Waals surface area contributed by atoms with Crippen LogP contribution in [0, 0.1) is 11.3 Å². The third kappa shape index (κ3) is 7.10. The minimum atomic E-state index is 0.357. The van der Waals surface area contributed by atoms with Crippen molar-refractivity contribution in [3.05, 3.63) is 46.1 Å². The number of pyridine rings is 1. The number of nitrogens with one attached hydrogen (secondary N) is 1. The average Bonchev–Trinajstić information content (AvgIpc) is 2.94. The summed E-state index contributed by atoms with van der Waals surface area (Å²) in [6, 6.07) is 9.12. The zero-order chi connectivity index (χ0) is 27.7. The molecule has 0 bridgehead atoms. The van der Waals surface area contributed by atoms with E-state index in [1.54, 1.807) is 19.2 Å². The first-order valence-electron chi connectivity index (χ1n) is 12.1. The van der Waals surface area contributed by atoms with Crippen molar-refractivity contribution < 1.29 is 19.3 Å². The fraction of sp³-hybridized carbons (Fsp3) is 0.407. The molecular formula is C27H33Cl2N5O4. The molecule has 3 aromatic rings. The van der Waals surface area contributed by atoms with Crippen molar-refractivity contribution >= 4 is 45.5 Å². The molecule has 0 aliphatic carbocycles. The monoisotopic (exact) mass is 561 g/mol. The van der Waals surface area contributed by atoms with Gasteiger partial charge in [0, 0.05) is 63.5 Å². The highest BCUT2D eigenvalue weighted by Gasteiger charge is 2.17. The van der Waals surface area contributed by atoms with Crippen LogP contribution < -0.4 is 19.5 Å². The molecule has 204 valence electrons. The Hall–Kier alpha value is -3.00. The molecule has 0 radical (unpaired) electrons. The van der Waals surface area contributed by atoms with Gasteiger partial charge in [-0.05, 0) is 25.6 Å². The normalized spacial score (nSPS) is 13.8. The maximum Gasteiger partial charge on any atom is 0.163 e. The van der Waals surface area contributed by atoms with Gasteiger partial charge in [-0.2, -0.15) is 5.26 Å². The van der Waals surface area contributed by atoms with Crippen molar-refractivity contribution in [1.29, 1.82) is 5.26 Å². The van der Waals surface area contributed by atoms with E-state index in [9.17, 15) is 5.26 Å². The third-order valence-electron chi connectivity index (χ3n) is 6.25. The van der Waals surface area contributed by atoms with E-state index in [4.69, 9.17) is 42.5 Å².